The average Bonchev–Trinajstić information content (AvgIpc) is 3.09. The van der Waals surface area contributed by atoms with E-state index in [1.54, 1.807) is 0 Å². The second-order valence-corrected chi connectivity index (χ2v) is 11.8. The lowest BCUT2D eigenvalue weighted by Gasteiger charge is -2.64. The van der Waals surface area contributed by atoms with Crippen molar-refractivity contribution >= 4 is 14.0 Å². The molecule has 2 saturated heterocycles. The summed E-state index contributed by atoms with van der Waals surface area (Å²) in [6.45, 7) is 14.1. The van der Waals surface area contributed by atoms with E-state index in [0.717, 1.165) is 24.7 Å². The first-order valence-electron chi connectivity index (χ1n) is 10.7. The second kappa shape index (κ2) is 4.58. The lowest BCUT2D eigenvalue weighted by Crippen LogP contribution is -2.65. The summed E-state index contributed by atoms with van der Waals surface area (Å²) in [6.07, 6.45) is 5.15. The van der Waals surface area contributed by atoms with Crippen molar-refractivity contribution in [2.45, 2.75) is 90.6 Å². The van der Waals surface area contributed by atoms with Crippen LogP contribution in [0.1, 0.15) is 67.2 Å². The van der Waals surface area contributed by atoms with Gasteiger partial charge in [0.2, 0.25) is 0 Å². The van der Waals surface area contributed by atoms with Gasteiger partial charge in [-0.15, -0.1) is 0 Å². The molecule has 26 heavy (non-hydrogen) atoms. The van der Waals surface area contributed by atoms with Crippen LogP contribution >= 0.6 is 0 Å². The van der Waals surface area contributed by atoms with E-state index >= 15 is 0 Å². The van der Waals surface area contributed by atoms with Gasteiger partial charge in [-0.3, -0.25) is 0 Å². The van der Waals surface area contributed by atoms with Gasteiger partial charge in [0, 0.05) is 0 Å². The van der Waals surface area contributed by atoms with Gasteiger partial charge in [0.05, 0.1) is 23.4 Å². The molecule has 4 bridgehead atoms. The van der Waals surface area contributed by atoms with Crippen molar-refractivity contribution in [3.05, 3.63) is 0 Å². The van der Waals surface area contributed by atoms with Crippen LogP contribution < -0.4 is 0 Å². The third-order valence-corrected chi connectivity index (χ3v) is 10.0. The van der Waals surface area contributed by atoms with Crippen molar-refractivity contribution in [3.8, 4) is 0 Å². The fraction of sp³-hybridized carbons (Fsp3) is 1.00. The first kappa shape index (κ1) is 16.9. The minimum atomic E-state index is -0.372. The lowest BCUT2D eigenvalue weighted by atomic mass is 9.43. The van der Waals surface area contributed by atoms with Crippen LogP contribution in [0.15, 0.2) is 0 Å². The van der Waals surface area contributed by atoms with E-state index in [0.29, 0.717) is 22.7 Å². The highest BCUT2D eigenvalue weighted by atomic mass is 16.7. The molecule has 0 radical (unpaired) electrons. The highest BCUT2D eigenvalue weighted by Gasteiger charge is 2.73. The maximum atomic E-state index is 6.60. The molecule has 0 N–H and O–H groups in total. The number of hydrogen-bond donors (Lipinski definition) is 0. The summed E-state index contributed by atoms with van der Waals surface area (Å²) in [5.41, 5.74) is 0.388. The standard InChI is InChI=1S/C20H32B2O4/c1-17(2)12-7-13(17)16-19(5,10-12)25-22(24-16)21-23-15-9-11-8-14(18(11,3)4)20(15,6)26-21/h11-16H,7-10H2,1-6H3/t11-,12+,13-,14-,15+,16+,19-,20-/m0/s1. The monoisotopic (exact) mass is 358 g/mol. The zero-order valence-corrected chi connectivity index (χ0v) is 17.1. The van der Waals surface area contributed by atoms with Crippen LogP contribution in [0.2, 0.25) is 0 Å². The van der Waals surface area contributed by atoms with E-state index in [4.69, 9.17) is 18.6 Å². The Balaban J connectivity index is 1.23. The summed E-state index contributed by atoms with van der Waals surface area (Å²) in [5.74, 6) is 2.71. The Morgan fingerprint density at radius 3 is 2.19 bits per heavy atom. The molecule has 6 heteroatoms. The van der Waals surface area contributed by atoms with E-state index in [9.17, 15) is 0 Å². The minimum absolute atomic E-state index is 0.170. The lowest BCUT2D eigenvalue weighted by molar-refractivity contribution is -0.199. The second-order valence-electron chi connectivity index (χ2n) is 11.8. The van der Waals surface area contributed by atoms with Gasteiger partial charge < -0.3 is 18.6 Å². The molecule has 8 aliphatic rings. The topological polar surface area (TPSA) is 36.9 Å². The molecule has 142 valence electrons. The van der Waals surface area contributed by atoms with Gasteiger partial charge in [0.1, 0.15) is 0 Å². The average molecular weight is 358 g/mol. The molecule has 0 aromatic carbocycles. The summed E-state index contributed by atoms with van der Waals surface area (Å²) < 4.78 is 26.1. The van der Waals surface area contributed by atoms with Crippen molar-refractivity contribution < 1.29 is 18.6 Å². The Labute approximate surface area is 158 Å². The van der Waals surface area contributed by atoms with Gasteiger partial charge in [0.25, 0.3) is 0 Å². The van der Waals surface area contributed by atoms with Crippen molar-refractivity contribution in [3.63, 3.8) is 0 Å². The predicted molar refractivity (Wildman–Crippen MR) is 100 cm³/mol. The Bertz CT molecular complexity index is 668. The maximum Gasteiger partial charge on any atom is 0.488 e. The summed E-state index contributed by atoms with van der Waals surface area (Å²) in [6, 6.07) is 0. The molecule has 0 unspecified atom stereocenters. The summed E-state index contributed by atoms with van der Waals surface area (Å²) >= 11 is 0. The van der Waals surface area contributed by atoms with E-state index in [2.05, 4.69) is 41.5 Å². The van der Waals surface area contributed by atoms with Gasteiger partial charge >= 0.3 is 14.0 Å². The first-order chi connectivity index (χ1) is 12.1. The van der Waals surface area contributed by atoms with Crippen LogP contribution in [-0.2, 0) is 18.6 Å². The van der Waals surface area contributed by atoms with Crippen molar-refractivity contribution in [2.75, 3.05) is 0 Å². The van der Waals surface area contributed by atoms with Gasteiger partial charge in [-0.05, 0) is 74.0 Å². The fourth-order valence-electron chi connectivity index (χ4n) is 7.87. The first-order valence-corrected chi connectivity index (χ1v) is 10.7. The molecule has 0 aromatic rings. The molecule has 2 heterocycles. The van der Waals surface area contributed by atoms with Crippen LogP contribution in [0.3, 0.4) is 0 Å². The molecule has 0 amide bonds. The van der Waals surface area contributed by atoms with Crippen molar-refractivity contribution in [1.82, 2.24) is 0 Å². The smallest absolute Gasteiger partial charge is 0.407 e. The number of hydrogen-bond acceptors (Lipinski definition) is 4. The van der Waals surface area contributed by atoms with E-state index in [-0.39, 0.29) is 37.4 Å². The highest BCUT2D eigenvalue weighted by Crippen LogP contribution is 2.67. The molecule has 4 nitrogen and oxygen atoms in total. The van der Waals surface area contributed by atoms with Gasteiger partial charge in [0.15, 0.2) is 0 Å². The fourth-order valence-corrected chi connectivity index (χ4v) is 7.87. The quantitative estimate of drug-likeness (QED) is 0.673. The summed E-state index contributed by atoms with van der Waals surface area (Å²) in [5, 5.41) is 0. The van der Waals surface area contributed by atoms with Gasteiger partial charge in [-0.2, -0.15) is 0 Å². The van der Waals surface area contributed by atoms with Gasteiger partial charge in [-0.25, -0.2) is 0 Å². The SMILES string of the molecule is CC1(C)[C@@H]2C[C@H]1[C@H]1OB(B3O[C@@H]4C[C@@H]5C[C@@H](C5(C)C)[C@]4(C)O3)O[C@@]1(C)C2. The number of rotatable bonds is 1. The van der Waals surface area contributed by atoms with E-state index < -0.39 is 0 Å². The molecule has 8 fully saturated rings. The zero-order valence-electron chi connectivity index (χ0n) is 17.1. The Morgan fingerprint density at radius 1 is 0.769 bits per heavy atom. The van der Waals surface area contributed by atoms with Crippen LogP contribution in [-0.4, -0.2) is 37.4 Å². The minimum Gasteiger partial charge on any atom is -0.407 e. The van der Waals surface area contributed by atoms with E-state index in [1.165, 1.54) is 12.8 Å². The zero-order chi connectivity index (χ0) is 18.3. The predicted octanol–water partition coefficient (Wildman–Crippen LogP) is 3.52. The Kier molecular flexibility index (Phi) is 2.97. The molecular weight excluding hydrogens is 326 g/mol. The Hall–Kier alpha value is -0.0301. The molecule has 2 aliphatic heterocycles. The normalized spacial score (nSPS) is 57.9. The molecule has 8 atom stereocenters. The van der Waals surface area contributed by atoms with Gasteiger partial charge in [-0.1, -0.05) is 27.7 Å². The third kappa shape index (κ3) is 1.75. The van der Waals surface area contributed by atoms with Crippen molar-refractivity contribution in [1.29, 1.82) is 0 Å². The molecule has 6 aliphatic carbocycles. The molecule has 8 rings (SSSR count). The van der Waals surface area contributed by atoms with Crippen LogP contribution in [0.4, 0.5) is 0 Å². The summed E-state index contributed by atoms with van der Waals surface area (Å²) in [7, 11) is -0.745. The summed E-state index contributed by atoms with van der Waals surface area (Å²) in [4.78, 5) is 0. The largest absolute Gasteiger partial charge is 0.488 e. The molecule has 0 spiro atoms. The molecular formula is C20H32B2O4. The van der Waals surface area contributed by atoms with Crippen LogP contribution in [0, 0.1) is 34.5 Å². The molecule has 6 saturated carbocycles. The van der Waals surface area contributed by atoms with Crippen LogP contribution in [0.5, 0.6) is 0 Å². The highest BCUT2D eigenvalue weighted by molar-refractivity contribution is 7.11. The maximum absolute atomic E-state index is 6.60. The van der Waals surface area contributed by atoms with Crippen molar-refractivity contribution in [2.24, 2.45) is 34.5 Å². The Morgan fingerprint density at radius 2 is 1.50 bits per heavy atom. The third-order valence-electron chi connectivity index (χ3n) is 10.0. The van der Waals surface area contributed by atoms with Crippen LogP contribution in [0.25, 0.3) is 0 Å². The molecule has 0 aromatic heterocycles. The van der Waals surface area contributed by atoms with E-state index in [1.807, 2.05) is 0 Å².